The van der Waals surface area contributed by atoms with Crippen LogP contribution in [-0.4, -0.2) is 20.2 Å². The number of rotatable bonds is 8. The Hall–Kier alpha value is -2.91. The van der Waals surface area contributed by atoms with Gasteiger partial charge >= 0.3 is 0 Å². The topological polar surface area (TPSA) is 21.3 Å². The smallest absolute Gasteiger partial charge is 0.123 e. The van der Waals surface area contributed by atoms with E-state index in [9.17, 15) is 4.39 Å². The Labute approximate surface area is 166 Å². The predicted octanol–water partition coefficient (Wildman–Crippen LogP) is 5.79. The zero-order valence-electron chi connectivity index (χ0n) is 16.4. The minimum atomic E-state index is -0.219. The number of hydrogen-bond donors (Lipinski definition) is 1. The average Bonchev–Trinajstić information content (AvgIpc) is 2.74. The Morgan fingerprint density at radius 2 is 1.43 bits per heavy atom. The highest BCUT2D eigenvalue weighted by Crippen LogP contribution is 2.35. The Bertz CT molecular complexity index is 900. The van der Waals surface area contributed by atoms with Gasteiger partial charge in [0, 0.05) is 6.54 Å². The van der Waals surface area contributed by atoms with Crippen LogP contribution in [0.1, 0.15) is 30.0 Å². The van der Waals surface area contributed by atoms with Crippen molar-refractivity contribution >= 4 is 11.1 Å². The summed E-state index contributed by atoms with van der Waals surface area (Å²) in [6.45, 7) is 3.57. The Balaban J connectivity index is 2.06. The van der Waals surface area contributed by atoms with Crippen LogP contribution in [0.2, 0.25) is 0 Å². The molecule has 3 aromatic carbocycles. The molecule has 0 saturated heterocycles. The normalized spacial score (nSPS) is 11.8. The second-order valence-electron chi connectivity index (χ2n) is 6.56. The lowest BCUT2D eigenvalue weighted by atomic mass is 9.88. The first-order valence-corrected chi connectivity index (χ1v) is 9.65. The molecule has 0 atom stereocenters. The molecule has 0 saturated carbocycles. The zero-order chi connectivity index (χ0) is 19.8. The SMILES string of the molecule is CCC(=C(c1ccccc1)c1ccc(OCCNC)cc1)c1ccc(F)cc1. The Morgan fingerprint density at radius 1 is 0.821 bits per heavy atom. The van der Waals surface area contributed by atoms with Gasteiger partial charge in [0.05, 0.1) is 0 Å². The van der Waals surface area contributed by atoms with Crippen LogP contribution in [0.4, 0.5) is 4.39 Å². The molecule has 144 valence electrons. The van der Waals surface area contributed by atoms with Gasteiger partial charge < -0.3 is 10.1 Å². The molecule has 1 N–H and O–H groups in total. The lowest BCUT2D eigenvalue weighted by molar-refractivity contribution is 0.318. The van der Waals surface area contributed by atoms with E-state index in [-0.39, 0.29) is 5.82 Å². The maximum atomic E-state index is 13.4. The van der Waals surface area contributed by atoms with Crippen molar-refractivity contribution in [1.82, 2.24) is 5.32 Å². The summed E-state index contributed by atoms with van der Waals surface area (Å²) in [7, 11) is 1.91. The number of halogens is 1. The zero-order valence-corrected chi connectivity index (χ0v) is 16.4. The van der Waals surface area contributed by atoms with Crippen molar-refractivity contribution in [3.8, 4) is 5.75 Å². The van der Waals surface area contributed by atoms with Crippen molar-refractivity contribution in [1.29, 1.82) is 0 Å². The molecule has 3 rings (SSSR count). The van der Waals surface area contributed by atoms with Crippen molar-refractivity contribution < 1.29 is 9.13 Å². The highest BCUT2D eigenvalue weighted by molar-refractivity contribution is 5.98. The molecule has 3 aromatic rings. The number of ether oxygens (including phenoxy) is 1. The van der Waals surface area contributed by atoms with Crippen molar-refractivity contribution in [2.75, 3.05) is 20.2 Å². The number of likely N-dealkylation sites (N-methyl/N-ethyl adjacent to an activating group) is 1. The molecule has 0 aliphatic heterocycles. The van der Waals surface area contributed by atoms with Crippen molar-refractivity contribution in [2.24, 2.45) is 0 Å². The third-order valence-electron chi connectivity index (χ3n) is 4.67. The van der Waals surface area contributed by atoms with Gasteiger partial charge in [-0.05, 0) is 65.6 Å². The third kappa shape index (κ3) is 4.87. The van der Waals surface area contributed by atoms with Crippen LogP contribution in [0.5, 0.6) is 5.75 Å². The largest absolute Gasteiger partial charge is 0.492 e. The van der Waals surface area contributed by atoms with Gasteiger partial charge in [-0.3, -0.25) is 0 Å². The molecule has 0 aliphatic rings. The van der Waals surface area contributed by atoms with Crippen molar-refractivity contribution in [3.63, 3.8) is 0 Å². The lowest BCUT2D eigenvalue weighted by Gasteiger charge is -2.17. The van der Waals surface area contributed by atoms with Gasteiger partial charge in [0.2, 0.25) is 0 Å². The van der Waals surface area contributed by atoms with Gasteiger partial charge in [0.25, 0.3) is 0 Å². The van der Waals surface area contributed by atoms with Crippen LogP contribution >= 0.6 is 0 Å². The van der Waals surface area contributed by atoms with Crippen LogP contribution in [0.3, 0.4) is 0 Å². The van der Waals surface area contributed by atoms with Crippen LogP contribution < -0.4 is 10.1 Å². The summed E-state index contributed by atoms with van der Waals surface area (Å²) >= 11 is 0. The molecule has 2 nitrogen and oxygen atoms in total. The minimum absolute atomic E-state index is 0.219. The minimum Gasteiger partial charge on any atom is -0.492 e. The monoisotopic (exact) mass is 375 g/mol. The van der Waals surface area contributed by atoms with Gasteiger partial charge in [-0.1, -0.05) is 61.5 Å². The van der Waals surface area contributed by atoms with E-state index >= 15 is 0 Å². The van der Waals surface area contributed by atoms with Crippen LogP contribution in [0, 0.1) is 5.82 Å². The fourth-order valence-corrected chi connectivity index (χ4v) is 3.29. The molecule has 0 amide bonds. The molecule has 0 bridgehead atoms. The maximum absolute atomic E-state index is 13.4. The van der Waals surface area contributed by atoms with E-state index in [4.69, 9.17) is 4.74 Å². The molecule has 0 unspecified atom stereocenters. The van der Waals surface area contributed by atoms with Gasteiger partial charge in [-0.25, -0.2) is 4.39 Å². The highest BCUT2D eigenvalue weighted by Gasteiger charge is 2.13. The summed E-state index contributed by atoms with van der Waals surface area (Å²) in [5, 5.41) is 3.07. The summed E-state index contributed by atoms with van der Waals surface area (Å²) < 4.78 is 19.2. The van der Waals surface area contributed by atoms with Crippen molar-refractivity contribution in [3.05, 3.63) is 101 Å². The molecule has 0 spiro atoms. The predicted molar refractivity (Wildman–Crippen MR) is 115 cm³/mol. The summed E-state index contributed by atoms with van der Waals surface area (Å²) in [5.74, 6) is 0.634. The molecule has 3 heteroatoms. The van der Waals surface area contributed by atoms with Gasteiger partial charge in [-0.2, -0.15) is 0 Å². The van der Waals surface area contributed by atoms with E-state index in [1.54, 1.807) is 0 Å². The average molecular weight is 375 g/mol. The number of benzene rings is 3. The summed E-state index contributed by atoms with van der Waals surface area (Å²) in [5.41, 5.74) is 5.66. The number of nitrogens with one attached hydrogen (secondary N) is 1. The standard InChI is InChI=1S/C25H26FNO/c1-3-24(19-9-13-22(26)14-10-19)25(20-7-5-4-6-8-20)21-11-15-23(16-12-21)28-18-17-27-2/h4-16,27H,3,17-18H2,1-2H3. The van der Waals surface area contributed by atoms with E-state index in [1.807, 2.05) is 49.5 Å². The van der Waals surface area contributed by atoms with E-state index in [0.29, 0.717) is 6.61 Å². The van der Waals surface area contributed by atoms with Crippen LogP contribution in [-0.2, 0) is 0 Å². The third-order valence-corrected chi connectivity index (χ3v) is 4.67. The van der Waals surface area contributed by atoms with Gasteiger partial charge in [0.15, 0.2) is 0 Å². The first kappa shape index (κ1) is 19.8. The molecule has 0 aliphatic carbocycles. The molecular formula is C25H26FNO. The quantitative estimate of drug-likeness (QED) is 0.397. The molecule has 28 heavy (non-hydrogen) atoms. The number of hydrogen-bond acceptors (Lipinski definition) is 2. The Morgan fingerprint density at radius 3 is 2.04 bits per heavy atom. The van der Waals surface area contributed by atoms with Gasteiger partial charge in [-0.15, -0.1) is 0 Å². The first-order valence-electron chi connectivity index (χ1n) is 9.65. The fourth-order valence-electron chi connectivity index (χ4n) is 3.29. The number of allylic oxidation sites excluding steroid dienone is 1. The van der Waals surface area contributed by atoms with Gasteiger partial charge in [0.1, 0.15) is 18.2 Å². The first-order chi connectivity index (χ1) is 13.7. The van der Waals surface area contributed by atoms with E-state index in [2.05, 4.69) is 36.5 Å². The van der Waals surface area contributed by atoms with Crippen LogP contribution in [0.15, 0.2) is 78.9 Å². The Kier molecular flexibility index (Phi) is 6.99. The highest BCUT2D eigenvalue weighted by atomic mass is 19.1. The molecule has 0 fully saturated rings. The lowest BCUT2D eigenvalue weighted by Crippen LogP contribution is -2.15. The van der Waals surface area contributed by atoms with Crippen LogP contribution in [0.25, 0.3) is 11.1 Å². The summed E-state index contributed by atoms with van der Waals surface area (Å²) in [6.07, 6.45) is 0.844. The van der Waals surface area contributed by atoms with Crippen molar-refractivity contribution in [2.45, 2.75) is 13.3 Å². The summed E-state index contributed by atoms with van der Waals surface area (Å²) in [4.78, 5) is 0. The molecule has 0 heterocycles. The fraction of sp³-hybridized carbons (Fsp3) is 0.200. The van der Waals surface area contributed by atoms with E-state index < -0.39 is 0 Å². The maximum Gasteiger partial charge on any atom is 0.123 e. The van der Waals surface area contributed by atoms with E-state index in [1.165, 1.54) is 17.7 Å². The second-order valence-corrected chi connectivity index (χ2v) is 6.56. The summed E-state index contributed by atoms with van der Waals surface area (Å²) in [6, 6.07) is 25.3. The molecule has 0 aromatic heterocycles. The second kappa shape index (κ2) is 9.86. The van der Waals surface area contributed by atoms with E-state index in [0.717, 1.165) is 41.0 Å². The molecular weight excluding hydrogens is 349 g/mol. The molecule has 0 radical (unpaired) electrons.